The molecule has 4 rings (SSSR count). The van der Waals surface area contributed by atoms with Crippen LogP contribution in [0.5, 0.6) is 0 Å². The molecule has 0 aliphatic carbocycles. The van der Waals surface area contributed by atoms with E-state index >= 15 is 0 Å². The van der Waals surface area contributed by atoms with Gasteiger partial charge in [-0.05, 0) is 47.5 Å². The Balaban J connectivity index is 1.63. The first-order valence-corrected chi connectivity index (χ1v) is 8.93. The molecule has 0 saturated heterocycles. The van der Waals surface area contributed by atoms with Gasteiger partial charge in [-0.3, -0.25) is 4.79 Å². The summed E-state index contributed by atoms with van der Waals surface area (Å²) in [6.07, 6.45) is 0. The molecular weight excluding hydrogens is 376 g/mol. The highest BCUT2D eigenvalue weighted by Crippen LogP contribution is 2.29. The summed E-state index contributed by atoms with van der Waals surface area (Å²) in [5.41, 5.74) is 0.379. The van der Waals surface area contributed by atoms with Crippen LogP contribution in [0.2, 0.25) is 0 Å². The van der Waals surface area contributed by atoms with Crippen molar-refractivity contribution in [2.24, 2.45) is 0 Å². The van der Waals surface area contributed by atoms with E-state index in [0.717, 1.165) is 0 Å². The van der Waals surface area contributed by atoms with Gasteiger partial charge in [-0.1, -0.05) is 36.4 Å². The summed E-state index contributed by atoms with van der Waals surface area (Å²) in [4.78, 5) is 19.8. The summed E-state index contributed by atoms with van der Waals surface area (Å²) in [6, 6.07) is 17.8. The topological polar surface area (TPSA) is 78.0 Å². The highest BCUT2D eigenvalue weighted by Gasteiger charge is 2.32. The lowest BCUT2D eigenvalue weighted by Crippen LogP contribution is -2.42. The van der Waals surface area contributed by atoms with Crippen LogP contribution < -0.4 is 5.32 Å². The average molecular weight is 393 g/mol. The average Bonchev–Trinajstić information content (AvgIpc) is 3.17. The molecule has 3 aromatic carbocycles. The second-order valence-electron chi connectivity index (χ2n) is 6.66. The van der Waals surface area contributed by atoms with Gasteiger partial charge in [0.25, 0.3) is 5.91 Å². The fourth-order valence-corrected chi connectivity index (χ4v) is 3.17. The highest BCUT2D eigenvalue weighted by molar-refractivity contribution is 5.94. The molecule has 4 aromatic rings. The van der Waals surface area contributed by atoms with Crippen molar-refractivity contribution in [1.82, 2.24) is 15.3 Å². The van der Waals surface area contributed by atoms with Gasteiger partial charge < -0.3 is 15.4 Å². The van der Waals surface area contributed by atoms with E-state index in [0.29, 0.717) is 22.2 Å². The highest BCUT2D eigenvalue weighted by atomic mass is 19.1. The van der Waals surface area contributed by atoms with Crippen molar-refractivity contribution in [1.29, 1.82) is 0 Å². The Hall–Kier alpha value is -3.58. The van der Waals surface area contributed by atoms with Crippen LogP contribution in [0.1, 0.15) is 21.7 Å². The maximum atomic E-state index is 13.4. The largest absolute Gasteiger partial charge is 0.379 e. The number of rotatable bonds is 5. The van der Waals surface area contributed by atoms with Crippen LogP contribution in [0, 0.1) is 11.6 Å². The number of nitrogens with one attached hydrogen (secondary N) is 2. The van der Waals surface area contributed by atoms with Crippen molar-refractivity contribution in [3.8, 4) is 0 Å². The summed E-state index contributed by atoms with van der Waals surface area (Å²) in [6.45, 7) is -0.222. The van der Waals surface area contributed by atoms with E-state index in [9.17, 15) is 18.7 Å². The number of fused-ring (bicyclic) bond motifs is 1. The van der Waals surface area contributed by atoms with E-state index in [1.165, 1.54) is 48.5 Å². The minimum atomic E-state index is -1.69. The number of para-hydroxylation sites is 2. The molecule has 146 valence electrons. The fourth-order valence-electron chi connectivity index (χ4n) is 3.17. The lowest BCUT2D eigenvalue weighted by Gasteiger charge is -2.29. The maximum absolute atomic E-state index is 13.4. The Morgan fingerprint density at radius 2 is 1.48 bits per heavy atom. The van der Waals surface area contributed by atoms with Gasteiger partial charge >= 0.3 is 0 Å². The van der Waals surface area contributed by atoms with Crippen molar-refractivity contribution in [2.45, 2.75) is 5.60 Å². The summed E-state index contributed by atoms with van der Waals surface area (Å²) in [5.74, 6) is -1.32. The van der Waals surface area contributed by atoms with Gasteiger partial charge in [0.05, 0.1) is 17.6 Å². The summed E-state index contributed by atoms with van der Waals surface area (Å²) >= 11 is 0. The number of amides is 1. The molecule has 0 aliphatic rings. The first-order chi connectivity index (χ1) is 14.0. The number of carbonyl (C=O) groups excluding carboxylic acids is 1. The second-order valence-corrected chi connectivity index (χ2v) is 6.66. The van der Waals surface area contributed by atoms with Gasteiger partial charge in [-0.25, -0.2) is 13.8 Å². The minimum absolute atomic E-state index is 0.103. The Labute approximate surface area is 165 Å². The number of aromatic nitrogens is 2. The Morgan fingerprint density at radius 3 is 2.03 bits per heavy atom. The van der Waals surface area contributed by atoms with Crippen LogP contribution in [-0.2, 0) is 5.60 Å². The Kier molecular flexibility index (Phi) is 4.82. The molecule has 0 spiro atoms. The predicted octanol–water partition coefficient (Wildman–Crippen LogP) is 3.51. The third-order valence-electron chi connectivity index (χ3n) is 4.75. The van der Waals surface area contributed by atoms with Crippen molar-refractivity contribution >= 4 is 16.9 Å². The molecule has 0 radical (unpaired) electrons. The smallest absolute Gasteiger partial charge is 0.287 e. The van der Waals surface area contributed by atoms with Gasteiger partial charge in [0.1, 0.15) is 17.2 Å². The van der Waals surface area contributed by atoms with E-state index in [1.807, 2.05) is 12.1 Å². The molecule has 0 atom stereocenters. The monoisotopic (exact) mass is 393 g/mol. The number of imidazole rings is 1. The number of aliphatic hydroxyl groups is 1. The van der Waals surface area contributed by atoms with E-state index in [2.05, 4.69) is 15.3 Å². The number of aromatic amines is 1. The van der Waals surface area contributed by atoms with Crippen LogP contribution in [0.3, 0.4) is 0 Å². The zero-order valence-electron chi connectivity index (χ0n) is 15.2. The van der Waals surface area contributed by atoms with E-state index in [-0.39, 0.29) is 12.4 Å². The molecule has 0 aliphatic heterocycles. The minimum Gasteiger partial charge on any atom is -0.379 e. The maximum Gasteiger partial charge on any atom is 0.287 e. The van der Waals surface area contributed by atoms with Crippen molar-refractivity contribution in [3.63, 3.8) is 0 Å². The van der Waals surface area contributed by atoms with Gasteiger partial charge in [-0.15, -0.1) is 0 Å². The number of hydrogen-bond acceptors (Lipinski definition) is 3. The lowest BCUT2D eigenvalue weighted by atomic mass is 9.86. The van der Waals surface area contributed by atoms with Gasteiger partial charge in [0.2, 0.25) is 0 Å². The molecule has 1 heterocycles. The zero-order chi connectivity index (χ0) is 20.4. The lowest BCUT2D eigenvalue weighted by molar-refractivity contribution is 0.0690. The third kappa shape index (κ3) is 3.72. The van der Waals surface area contributed by atoms with E-state index in [1.54, 1.807) is 12.1 Å². The number of carbonyl (C=O) groups is 1. The predicted molar refractivity (Wildman–Crippen MR) is 104 cm³/mol. The number of nitrogens with zero attached hydrogens (tertiary/aromatic N) is 1. The number of hydrogen-bond donors (Lipinski definition) is 3. The van der Waals surface area contributed by atoms with Gasteiger partial charge in [-0.2, -0.15) is 0 Å². The summed E-state index contributed by atoms with van der Waals surface area (Å²) in [7, 11) is 0. The number of benzene rings is 3. The van der Waals surface area contributed by atoms with Gasteiger partial charge in [0.15, 0.2) is 5.82 Å². The molecule has 3 N–H and O–H groups in total. The molecule has 7 heteroatoms. The van der Waals surface area contributed by atoms with Crippen molar-refractivity contribution in [2.75, 3.05) is 6.54 Å². The van der Waals surface area contributed by atoms with Crippen LogP contribution in [0.4, 0.5) is 8.78 Å². The molecule has 29 heavy (non-hydrogen) atoms. The Bertz CT molecular complexity index is 1080. The number of H-pyrrole nitrogens is 1. The Morgan fingerprint density at radius 1 is 0.931 bits per heavy atom. The molecule has 1 aromatic heterocycles. The summed E-state index contributed by atoms with van der Waals surface area (Å²) in [5, 5.41) is 14.0. The second kappa shape index (κ2) is 7.44. The third-order valence-corrected chi connectivity index (χ3v) is 4.75. The first-order valence-electron chi connectivity index (χ1n) is 8.93. The van der Waals surface area contributed by atoms with Crippen LogP contribution in [-0.4, -0.2) is 27.5 Å². The van der Waals surface area contributed by atoms with Crippen LogP contribution >= 0.6 is 0 Å². The van der Waals surface area contributed by atoms with Crippen LogP contribution in [0.25, 0.3) is 11.0 Å². The molecule has 5 nitrogen and oxygen atoms in total. The first kappa shape index (κ1) is 18.8. The molecule has 0 bridgehead atoms. The normalized spacial score (nSPS) is 11.6. The van der Waals surface area contributed by atoms with E-state index < -0.39 is 23.1 Å². The quantitative estimate of drug-likeness (QED) is 0.486. The SMILES string of the molecule is O=C(NCC(O)(c1ccc(F)cc1)c1ccc(F)cc1)c1nc2ccccc2[nH]1. The zero-order valence-corrected chi connectivity index (χ0v) is 15.2. The molecule has 1 amide bonds. The summed E-state index contributed by atoms with van der Waals surface area (Å²) < 4.78 is 26.7. The molecule has 0 fully saturated rings. The van der Waals surface area contributed by atoms with Gasteiger partial charge in [0, 0.05) is 0 Å². The van der Waals surface area contributed by atoms with Crippen molar-refractivity contribution in [3.05, 3.63) is 101 Å². The molecule has 0 unspecified atom stereocenters. The standard InChI is InChI=1S/C22H17F2N3O2/c23-16-9-5-14(6-10-16)22(29,15-7-11-17(24)12-8-15)13-25-21(28)20-26-18-3-1-2-4-19(18)27-20/h1-12,29H,13H2,(H,25,28)(H,26,27). The molecular formula is C22H17F2N3O2. The van der Waals surface area contributed by atoms with E-state index in [4.69, 9.17) is 0 Å². The van der Waals surface area contributed by atoms with Crippen LogP contribution in [0.15, 0.2) is 72.8 Å². The fraction of sp³-hybridized carbons (Fsp3) is 0.0909. The molecule has 0 saturated carbocycles. The number of halogens is 2. The van der Waals surface area contributed by atoms with Crippen molar-refractivity contribution < 1.29 is 18.7 Å².